The minimum Gasteiger partial charge on any atom is -0.297 e. The van der Waals surface area contributed by atoms with Gasteiger partial charge in [-0.2, -0.15) is 0 Å². The summed E-state index contributed by atoms with van der Waals surface area (Å²) in [5.41, 5.74) is 2.20. The van der Waals surface area contributed by atoms with E-state index >= 15 is 0 Å². The lowest BCUT2D eigenvalue weighted by Gasteiger charge is -2.12. The summed E-state index contributed by atoms with van der Waals surface area (Å²) in [6.07, 6.45) is 4.92. The molecule has 0 saturated heterocycles. The third-order valence-corrected chi connectivity index (χ3v) is 4.68. The number of aromatic nitrogens is 2. The number of fused-ring (bicyclic) bond motifs is 1. The van der Waals surface area contributed by atoms with Crippen molar-refractivity contribution in [2.24, 2.45) is 0 Å². The number of imidazole rings is 1. The molecule has 1 aromatic carbocycles. The number of halogens is 2. The van der Waals surface area contributed by atoms with Gasteiger partial charge in [-0.25, -0.2) is 9.37 Å². The molecule has 0 aliphatic heterocycles. The summed E-state index contributed by atoms with van der Waals surface area (Å²) in [7, 11) is 0. The quantitative estimate of drug-likeness (QED) is 0.650. The largest absolute Gasteiger partial charge is 0.297 e. The fourth-order valence-corrected chi connectivity index (χ4v) is 3.45. The van der Waals surface area contributed by atoms with E-state index in [1.165, 1.54) is 12.1 Å². The molecule has 19 heavy (non-hydrogen) atoms. The monoisotopic (exact) mass is 338 g/mol. The molecule has 98 valence electrons. The fraction of sp³-hybridized carbons (Fsp3) is 0.214. The van der Waals surface area contributed by atoms with Gasteiger partial charge in [-0.1, -0.05) is 28.1 Å². The Kier molecular flexibility index (Phi) is 3.66. The molecule has 0 N–H and O–H groups in total. The van der Waals surface area contributed by atoms with Crippen LogP contribution in [0.1, 0.15) is 17.2 Å². The van der Waals surface area contributed by atoms with Crippen LogP contribution in [-0.2, 0) is 6.42 Å². The summed E-state index contributed by atoms with van der Waals surface area (Å²) in [6.45, 7) is 0. The van der Waals surface area contributed by atoms with Crippen molar-refractivity contribution >= 4 is 32.2 Å². The van der Waals surface area contributed by atoms with Gasteiger partial charge in [0.1, 0.15) is 5.82 Å². The summed E-state index contributed by atoms with van der Waals surface area (Å²) in [5.74, 6) is 0.116. The van der Waals surface area contributed by atoms with E-state index < -0.39 is 0 Å². The highest BCUT2D eigenvalue weighted by atomic mass is 79.9. The summed E-state index contributed by atoms with van der Waals surface area (Å²) in [4.78, 5) is 5.61. The van der Waals surface area contributed by atoms with Crippen molar-refractivity contribution < 1.29 is 4.39 Å². The average Bonchev–Trinajstić information content (AvgIpc) is 2.98. The Morgan fingerprint density at radius 3 is 2.79 bits per heavy atom. The topological polar surface area (TPSA) is 17.3 Å². The molecule has 3 aromatic rings. The Bertz CT molecular complexity index is 646. The van der Waals surface area contributed by atoms with Crippen LogP contribution in [-0.4, -0.2) is 14.7 Å². The van der Waals surface area contributed by atoms with Crippen LogP contribution < -0.4 is 0 Å². The van der Waals surface area contributed by atoms with Crippen molar-refractivity contribution in [3.63, 3.8) is 0 Å². The molecule has 2 nitrogen and oxygen atoms in total. The number of hydrogen-bond acceptors (Lipinski definition) is 2. The Morgan fingerprint density at radius 2 is 2.11 bits per heavy atom. The summed E-state index contributed by atoms with van der Waals surface area (Å²) in [6, 6.07) is 6.72. The minimum absolute atomic E-state index is 0.195. The molecule has 1 unspecified atom stereocenters. The van der Waals surface area contributed by atoms with E-state index in [-0.39, 0.29) is 5.82 Å². The molecule has 0 fully saturated rings. The molecular weight excluding hydrogens is 327 g/mol. The Morgan fingerprint density at radius 1 is 1.32 bits per heavy atom. The lowest BCUT2D eigenvalue weighted by molar-refractivity contribution is 0.625. The van der Waals surface area contributed by atoms with Gasteiger partial charge in [0.05, 0.1) is 5.69 Å². The van der Waals surface area contributed by atoms with Gasteiger partial charge in [-0.05, 0) is 30.0 Å². The van der Waals surface area contributed by atoms with Crippen LogP contribution in [0.15, 0.2) is 42.0 Å². The zero-order valence-corrected chi connectivity index (χ0v) is 12.5. The SMILES string of the molecule is Fc1ccc(C(CBr)Cc2cn3ccsc3n2)cc1. The van der Waals surface area contributed by atoms with E-state index in [0.29, 0.717) is 5.92 Å². The number of benzene rings is 1. The van der Waals surface area contributed by atoms with Crippen LogP contribution in [0.25, 0.3) is 4.96 Å². The van der Waals surface area contributed by atoms with Crippen LogP contribution in [0.5, 0.6) is 0 Å². The first-order valence-corrected chi connectivity index (χ1v) is 7.99. The lowest BCUT2D eigenvalue weighted by Crippen LogP contribution is -2.04. The van der Waals surface area contributed by atoms with Crippen molar-refractivity contribution in [3.05, 3.63) is 59.1 Å². The van der Waals surface area contributed by atoms with Gasteiger partial charge in [-0.15, -0.1) is 11.3 Å². The number of hydrogen-bond donors (Lipinski definition) is 0. The van der Waals surface area contributed by atoms with E-state index in [4.69, 9.17) is 0 Å². The molecule has 2 heterocycles. The molecule has 0 amide bonds. The van der Waals surface area contributed by atoms with Crippen LogP contribution >= 0.6 is 27.3 Å². The Labute approximate surface area is 123 Å². The maximum absolute atomic E-state index is 13.0. The summed E-state index contributed by atoms with van der Waals surface area (Å²) < 4.78 is 15.0. The van der Waals surface area contributed by atoms with Gasteiger partial charge in [0.25, 0.3) is 0 Å². The van der Waals surface area contributed by atoms with Crippen molar-refractivity contribution in [3.8, 4) is 0 Å². The first kappa shape index (κ1) is 12.8. The standard InChI is InChI=1S/C14H12BrFN2S/c15-8-11(10-1-3-12(16)4-2-10)7-13-9-18-5-6-19-14(18)17-13/h1-6,9,11H,7-8H2. The minimum atomic E-state index is -0.195. The smallest absolute Gasteiger partial charge is 0.193 e. The lowest BCUT2D eigenvalue weighted by atomic mass is 9.96. The van der Waals surface area contributed by atoms with Crippen molar-refractivity contribution in [1.29, 1.82) is 0 Å². The molecule has 0 aliphatic rings. The van der Waals surface area contributed by atoms with Crippen molar-refractivity contribution in [2.75, 3.05) is 5.33 Å². The molecular formula is C14H12BrFN2S. The molecule has 2 aromatic heterocycles. The normalized spacial score (nSPS) is 12.9. The molecule has 0 radical (unpaired) electrons. The predicted octanol–water partition coefficient (Wildman–Crippen LogP) is 4.26. The van der Waals surface area contributed by atoms with Gasteiger partial charge in [0.2, 0.25) is 0 Å². The second-order valence-electron chi connectivity index (χ2n) is 4.43. The van der Waals surface area contributed by atoms with E-state index in [9.17, 15) is 4.39 Å². The van der Waals surface area contributed by atoms with Crippen molar-refractivity contribution in [1.82, 2.24) is 9.38 Å². The second kappa shape index (κ2) is 5.43. The highest BCUT2D eigenvalue weighted by Gasteiger charge is 2.13. The van der Waals surface area contributed by atoms with Gasteiger partial charge in [0, 0.05) is 23.1 Å². The molecule has 5 heteroatoms. The van der Waals surface area contributed by atoms with Crippen LogP contribution in [0.3, 0.4) is 0 Å². The number of rotatable bonds is 4. The van der Waals surface area contributed by atoms with Gasteiger partial charge in [-0.3, -0.25) is 4.40 Å². The third-order valence-electron chi connectivity index (χ3n) is 3.13. The molecule has 1 atom stereocenters. The van der Waals surface area contributed by atoms with E-state index in [0.717, 1.165) is 28.0 Å². The highest BCUT2D eigenvalue weighted by molar-refractivity contribution is 9.09. The molecule has 0 bridgehead atoms. The van der Waals surface area contributed by atoms with Gasteiger partial charge in [0.15, 0.2) is 4.96 Å². The van der Waals surface area contributed by atoms with Crippen LogP contribution in [0.2, 0.25) is 0 Å². The average molecular weight is 339 g/mol. The number of alkyl halides is 1. The first-order chi connectivity index (χ1) is 9.26. The number of thiazole rings is 1. The zero-order chi connectivity index (χ0) is 13.2. The van der Waals surface area contributed by atoms with E-state index in [1.54, 1.807) is 11.3 Å². The molecule has 0 spiro atoms. The predicted molar refractivity (Wildman–Crippen MR) is 79.7 cm³/mol. The maximum Gasteiger partial charge on any atom is 0.193 e. The number of nitrogens with zero attached hydrogens (tertiary/aromatic N) is 2. The van der Waals surface area contributed by atoms with Crippen LogP contribution in [0, 0.1) is 5.82 Å². The Hall–Kier alpha value is -1.20. The zero-order valence-electron chi connectivity index (χ0n) is 10.1. The van der Waals surface area contributed by atoms with Gasteiger partial charge < -0.3 is 0 Å². The first-order valence-electron chi connectivity index (χ1n) is 5.99. The summed E-state index contributed by atoms with van der Waals surface area (Å²) >= 11 is 5.17. The van der Waals surface area contributed by atoms with Crippen molar-refractivity contribution in [2.45, 2.75) is 12.3 Å². The molecule has 0 saturated carbocycles. The second-order valence-corrected chi connectivity index (χ2v) is 5.95. The molecule has 3 rings (SSSR count). The summed E-state index contributed by atoms with van der Waals surface area (Å²) in [5, 5.41) is 2.86. The maximum atomic E-state index is 13.0. The van der Waals surface area contributed by atoms with E-state index in [1.807, 2.05) is 28.1 Å². The fourth-order valence-electron chi connectivity index (χ4n) is 2.12. The third kappa shape index (κ3) is 2.72. The van der Waals surface area contributed by atoms with Gasteiger partial charge >= 0.3 is 0 Å². The van der Waals surface area contributed by atoms with E-state index in [2.05, 4.69) is 27.1 Å². The highest BCUT2D eigenvalue weighted by Crippen LogP contribution is 2.24. The Balaban J connectivity index is 1.83. The molecule has 0 aliphatic carbocycles. The van der Waals surface area contributed by atoms with Crippen LogP contribution in [0.4, 0.5) is 4.39 Å².